The number of hydrogen-bond acceptors (Lipinski definition) is 5. The Kier molecular flexibility index (Phi) is 3.78. The normalized spacial score (nSPS) is 16.9. The molecule has 118 valence electrons. The highest BCUT2D eigenvalue weighted by atomic mass is 32.2. The van der Waals surface area contributed by atoms with Crippen LogP contribution in [0, 0.1) is 6.92 Å². The van der Waals surface area contributed by atoms with E-state index in [1.54, 1.807) is 24.3 Å². The van der Waals surface area contributed by atoms with Crippen molar-refractivity contribution in [1.29, 1.82) is 0 Å². The lowest BCUT2D eigenvalue weighted by molar-refractivity contribution is 0.216. The van der Waals surface area contributed by atoms with Crippen LogP contribution in [0.25, 0.3) is 0 Å². The highest BCUT2D eigenvalue weighted by Gasteiger charge is 2.40. The van der Waals surface area contributed by atoms with Crippen molar-refractivity contribution < 1.29 is 12.9 Å². The summed E-state index contributed by atoms with van der Waals surface area (Å²) in [6.07, 6.45) is 0. The summed E-state index contributed by atoms with van der Waals surface area (Å²) in [5.74, 6) is 1.37. The molecule has 1 aromatic heterocycles. The van der Waals surface area contributed by atoms with E-state index in [0.29, 0.717) is 29.7 Å². The van der Waals surface area contributed by atoms with Crippen LogP contribution in [0.1, 0.15) is 43.0 Å². The molecule has 0 radical (unpaired) electrons. The molecule has 0 N–H and O–H groups in total. The van der Waals surface area contributed by atoms with Crippen molar-refractivity contribution in [2.45, 2.75) is 37.5 Å². The molecule has 0 spiro atoms. The Labute approximate surface area is 130 Å². The maximum atomic E-state index is 12.5. The van der Waals surface area contributed by atoms with Gasteiger partial charge in [-0.2, -0.15) is 9.29 Å². The van der Waals surface area contributed by atoms with Gasteiger partial charge in [0.05, 0.1) is 10.8 Å². The van der Waals surface area contributed by atoms with Gasteiger partial charge in [0, 0.05) is 19.0 Å². The first-order valence-electron chi connectivity index (χ1n) is 7.28. The van der Waals surface area contributed by atoms with Crippen LogP contribution in [0.15, 0.2) is 33.7 Å². The third-order valence-corrected chi connectivity index (χ3v) is 5.68. The molecule has 22 heavy (non-hydrogen) atoms. The van der Waals surface area contributed by atoms with E-state index in [1.165, 1.54) is 4.31 Å². The van der Waals surface area contributed by atoms with E-state index in [-0.39, 0.29) is 11.8 Å². The Bertz CT molecular complexity index is 760. The number of benzene rings is 1. The van der Waals surface area contributed by atoms with Gasteiger partial charge in [-0.1, -0.05) is 36.7 Å². The zero-order valence-electron chi connectivity index (χ0n) is 12.9. The maximum absolute atomic E-state index is 12.5. The molecule has 3 rings (SSSR count). The Morgan fingerprint density at radius 3 is 2.41 bits per heavy atom. The monoisotopic (exact) mass is 321 g/mol. The Morgan fingerprint density at radius 1 is 1.23 bits per heavy atom. The standard InChI is InChI=1S/C15H19N3O3S/c1-10(2)14-16-15(21-17-14)12-8-18(9-12)22(19,20)13-6-4-11(3)5-7-13/h4-7,10,12H,8-9H2,1-3H3. The zero-order chi connectivity index (χ0) is 15.9. The van der Waals surface area contributed by atoms with E-state index >= 15 is 0 Å². The zero-order valence-corrected chi connectivity index (χ0v) is 13.7. The molecule has 1 fully saturated rings. The summed E-state index contributed by atoms with van der Waals surface area (Å²) in [5, 5.41) is 3.92. The van der Waals surface area contributed by atoms with E-state index in [1.807, 2.05) is 20.8 Å². The summed E-state index contributed by atoms with van der Waals surface area (Å²) in [6.45, 7) is 6.68. The molecule has 0 aliphatic carbocycles. The summed E-state index contributed by atoms with van der Waals surface area (Å²) < 4.78 is 31.6. The van der Waals surface area contributed by atoms with Crippen molar-refractivity contribution in [1.82, 2.24) is 14.4 Å². The Balaban J connectivity index is 1.70. The van der Waals surface area contributed by atoms with E-state index in [2.05, 4.69) is 10.1 Å². The number of hydrogen-bond donors (Lipinski definition) is 0. The van der Waals surface area contributed by atoms with E-state index in [9.17, 15) is 8.42 Å². The first kappa shape index (κ1) is 15.2. The Morgan fingerprint density at radius 2 is 1.86 bits per heavy atom. The van der Waals surface area contributed by atoms with Crippen LogP contribution < -0.4 is 0 Å². The van der Waals surface area contributed by atoms with Gasteiger partial charge in [-0.3, -0.25) is 0 Å². The van der Waals surface area contributed by atoms with Gasteiger partial charge < -0.3 is 4.52 Å². The third-order valence-electron chi connectivity index (χ3n) is 3.83. The van der Waals surface area contributed by atoms with Gasteiger partial charge in [0.15, 0.2) is 5.82 Å². The highest BCUT2D eigenvalue weighted by molar-refractivity contribution is 7.89. The topological polar surface area (TPSA) is 76.3 Å². The van der Waals surface area contributed by atoms with Crippen LogP contribution >= 0.6 is 0 Å². The lowest BCUT2D eigenvalue weighted by Gasteiger charge is -2.35. The third kappa shape index (κ3) is 2.66. The Hall–Kier alpha value is -1.73. The lowest BCUT2D eigenvalue weighted by atomic mass is 10.0. The minimum Gasteiger partial charge on any atom is -0.339 e. The molecule has 2 aromatic rings. The van der Waals surface area contributed by atoms with Crippen molar-refractivity contribution in [2.75, 3.05) is 13.1 Å². The molecule has 2 heterocycles. The molecule has 0 unspecified atom stereocenters. The van der Waals surface area contributed by atoms with Crippen LogP contribution in [0.3, 0.4) is 0 Å². The predicted molar refractivity (Wildman–Crippen MR) is 81.1 cm³/mol. The van der Waals surface area contributed by atoms with Crippen LogP contribution in [-0.4, -0.2) is 36.0 Å². The van der Waals surface area contributed by atoms with Crippen LogP contribution in [0.4, 0.5) is 0 Å². The van der Waals surface area contributed by atoms with Gasteiger partial charge in [0.25, 0.3) is 0 Å². The summed E-state index contributed by atoms with van der Waals surface area (Å²) in [6, 6.07) is 6.89. The summed E-state index contributed by atoms with van der Waals surface area (Å²) >= 11 is 0. The average Bonchev–Trinajstić information content (AvgIpc) is 2.86. The molecule has 0 atom stereocenters. The molecule has 0 amide bonds. The second-order valence-electron chi connectivity index (χ2n) is 5.98. The molecule has 1 aromatic carbocycles. The van der Waals surface area contributed by atoms with E-state index in [0.717, 1.165) is 5.56 Å². The summed E-state index contributed by atoms with van der Waals surface area (Å²) in [5.41, 5.74) is 1.03. The van der Waals surface area contributed by atoms with Gasteiger partial charge >= 0.3 is 0 Å². The molecule has 1 saturated heterocycles. The van der Waals surface area contributed by atoms with Crippen molar-refractivity contribution in [3.8, 4) is 0 Å². The maximum Gasteiger partial charge on any atom is 0.243 e. The van der Waals surface area contributed by atoms with Gasteiger partial charge in [-0.25, -0.2) is 8.42 Å². The number of rotatable bonds is 4. The van der Waals surface area contributed by atoms with Crippen molar-refractivity contribution in [2.24, 2.45) is 0 Å². The predicted octanol–water partition coefficient (Wildman–Crippen LogP) is 2.29. The largest absolute Gasteiger partial charge is 0.339 e. The summed E-state index contributed by atoms with van der Waals surface area (Å²) in [7, 11) is -3.43. The van der Waals surface area contributed by atoms with Gasteiger partial charge in [-0.15, -0.1) is 0 Å². The fraction of sp³-hybridized carbons (Fsp3) is 0.467. The molecule has 1 aliphatic rings. The molecule has 1 aliphatic heterocycles. The fourth-order valence-electron chi connectivity index (χ4n) is 2.30. The van der Waals surface area contributed by atoms with Crippen LogP contribution in [0.2, 0.25) is 0 Å². The number of sulfonamides is 1. The van der Waals surface area contributed by atoms with Gasteiger partial charge in [0.2, 0.25) is 15.9 Å². The molecule has 0 saturated carbocycles. The quantitative estimate of drug-likeness (QED) is 0.863. The molecule has 7 heteroatoms. The number of nitrogens with zero attached hydrogens (tertiary/aromatic N) is 3. The summed E-state index contributed by atoms with van der Waals surface area (Å²) in [4.78, 5) is 4.66. The van der Waals surface area contributed by atoms with E-state index in [4.69, 9.17) is 4.52 Å². The van der Waals surface area contributed by atoms with Gasteiger partial charge in [-0.05, 0) is 19.1 Å². The minimum absolute atomic E-state index is 0.0137. The number of aryl methyl sites for hydroxylation is 1. The van der Waals surface area contributed by atoms with Gasteiger partial charge in [0.1, 0.15) is 0 Å². The van der Waals surface area contributed by atoms with Crippen molar-refractivity contribution >= 4 is 10.0 Å². The molecular formula is C15H19N3O3S. The molecule has 0 bridgehead atoms. The van der Waals surface area contributed by atoms with Crippen molar-refractivity contribution in [3.63, 3.8) is 0 Å². The second-order valence-corrected chi connectivity index (χ2v) is 7.92. The average molecular weight is 321 g/mol. The molecule has 6 nitrogen and oxygen atoms in total. The van der Waals surface area contributed by atoms with Crippen molar-refractivity contribution in [3.05, 3.63) is 41.5 Å². The van der Waals surface area contributed by atoms with E-state index < -0.39 is 10.0 Å². The smallest absolute Gasteiger partial charge is 0.243 e. The van der Waals surface area contributed by atoms with Crippen LogP contribution in [-0.2, 0) is 10.0 Å². The minimum atomic E-state index is -3.43. The molecular weight excluding hydrogens is 302 g/mol. The highest BCUT2D eigenvalue weighted by Crippen LogP contribution is 2.31. The fourth-order valence-corrected chi connectivity index (χ4v) is 3.83. The number of aromatic nitrogens is 2. The lowest BCUT2D eigenvalue weighted by Crippen LogP contribution is -2.48. The second kappa shape index (κ2) is 5.48. The first-order valence-corrected chi connectivity index (χ1v) is 8.72. The SMILES string of the molecule is Cc1ccc(S(=O)(=O)N2CC(c3nc(C(C)C)no3)C2)cc1. The van der Waals surface area contributed by atoms with Crippen LogP contribution in [0.5, 0.6) is 0 Å². The first-order chi connectivity index (χ1) is 10.4.